The fourth-order valence-corrected chi connectivity index (χ4v) is 9.24. The van der Waals surface area contributed by atoms with Gasteiger partial charge in [-0.3, -0.25) is 0 Å². The Labute approximate surface area is 322 Å². The van der Waals surface area contributed by atoms with Crippen LogP contribution in [0, 0.1) is 0 Å². The Morgan fingerprint density at radius 3 is 1.70 bits per heavy atom. The van der Waals surface area contributed by atoms with Gasteiger partial charge in [-0.15, -0.1) is 0 Å². The SMILES string of the molecule is C1=CC2C(c3ccccc3N2c2ccc3c4ccccc4c4ccccc4c3c2)c2c1oc1c(-c3nc(-c4ccccc4)nc(-c4ccccc4)n3)cccc21. The van der Waals surface area contributed by atoms with Gasteiger partial charge in [-0.25, -0.2) is 15.0 Å². The highest BCUT2D eigenvalue weighted by atomic mass is 16.3. The Balaban J connectivity index is 1.02. The van der Waals surface area contributed by atoms with Crippen LogP contribution in [0.4, 0.5) is 11.4 Å². The molecule has 10 aromatic rings. The van der Waals surface area contributed by atoms with Gasteiger partial charge < -0.3 is 9.32 Å². The molecule has 12 rings (SSSR count). The van der Waals surface area contributed by atoms with Gasteiger partial charge >= 0.3 is 0 Å². The van der Waals surface area contributed by atoms with Crippen LogP contribution in [0.2, 0.25) is 0 Å². The summed E-state index contributed by atoms with van der Waals surface area (Å²) in [5.41, 5.74) is 8.37. The summed E-state index contributed by atoms with van der Waals surface area (Å²) in [5, 5.41) is 8.72. The zero-order valence-electron chi connectivity index (χ0n) is 30.2. The molecular weight excluding hydrogens is 685 g/mol. The lowest BCUT2D eigenvalue weighted by atomic mass is 9.82. The van der Waals surface area contributed by atoms with E-state index in [1.54, 1.807) is 0 Å². The average molecular weight is 717 g/mol. The number of hydrogen-bond acceptors (Lipinski definition) is 5. The van der Waals surface area contributed by atoms with E-state index in [1.165, 1.54) is 54.8 Å². The predicted octanol–water partition coefficient (Wildman–Crippen LogP) is 12.8. The molecule has 0 radical (unpaired) electrons. The molecule has 1 aliphatic carbocycles. The number of hydrogen-bond donors (Lipinski definition) is 0. The van der Waals surface area contributed by atoms with Crippen LogP contribution in [-0.4, -0.2) is 21.0 Å². The first kappa shape index (κ1) is 31.0. The number of furan rings is 1. The highest BCUT2D eigenvalue weighted by Gasteiger charge is 2.43. The van der Waals surface area contributed by atoms with Gasteiger partial charge in [-0.05, 0) is 68.2 Å². The Kier molecular flexibility index (Phi) is 6.69. The summed E-state index contributed by atoms with van der Waals surface area (Å²) in [4.78, 5) is 17.6. The van der Waals surface area contributed by atoms with Crippen LogP contribution < -0.4 is 4.90 Å². The van der Waals surface area contributed by atoms with E-state index < -0.39 is 0 Å². The Hall–Kier alpha value is -7.37. The molecule has 5 heteroatoms. The van der Waals surface area contributed by atoms with Crippen LogP contribution >= 0.6 is 0 Å². The minimum Gasteiger partial charge on any atom is -0.456 e. The van der Waals surface area contributed by atoms with E-state index in [9.17, 15) is 0 Å². The molecule has 262 valence electrons. The van der Waals surface area contributed by atoms with Crippen LogP contribution in [0.1, 0.15) is 22.8 Å². The maximum absolute atomic E-state index is 6.87. The summed E-state index contributed by atoms with van der Waals surface area (Å²) < 4.78 is 6.87. The number of rotatable bonds is 4. The summed E-state index contributed by atoms with van der Waals surface area (Å²) in [5.74, 6) is 2.77. The molecule has 3 heterocycles. The van der Waals surface area contributed by atoms with Crippen molar-refractivity contribution >= 4 is 60.7 Å². The highest BCUT2D eigenvalue weighted by Crippen LogP contribution is 2.54. The molecule has 8 aromatic carbocycles. The van der Waals surface area contributed by atoms with Gasteiger partial charge in [-0.2, -0.15) is 0 Å². The van der Waals surface area contributed by atoms with Crippen LogP contribution in [-0.2, 0) is 0 Å². The first-order valence-electron chi connectivity index (χ1n) is 19.1. The molecule has 0 bridgehead atoms. The summed E-state index contributed by atoms with van der Waals surface area (Å²) in [7, 11) is 0. The van der Waals surface area contributed by atoms with Crippen LogP contribution in [0.25, 0.3) is 83.5 Å². The maximum atomic E-state index is 6.87. The lowest BCUT2D eigenvalue weighted by Gasteiger charge is -2.30. The van der Waals surface area contributed by atoms with E-state index in [1.807, 2.05) is 60.7 Å². The molecule has 2 aliphatic rings. The van der Waals surface area contributed by atoms with Crippen molar-refractivity contribution in [1.82, 2.24) is 15.0 Å². The van der Waals surface area contributed by atoms with Crippen molar-refractivity contribution in [3.63, 3.8) is 0 Å². The monoisotopic (exact) mass is 716 g/mol. The molecule has 0 fully saturated rings. The molecule has 0 spiro atoms. The largest absolute Gasteiger partial charge is 0.456 e. The predicted molar refractivity (Wildman–Crippen MR) is 228 cm³/mol. The lowest BCUT2D eigenvalue weighted by molar-refractivity contribution is 0.584. The van der Waals surface area contributed by atoms with E-state index >= 15 is 0 Å². The van der Waals surface area contributed by atoms with E-state index in [-0.39, 0.29) is 12.0 Å². The minimum atomic E-state index is 0.0556. The first-order chi connectivity index (χ1) is 27.8. The quantitative estimate of drug-likeness (QED) is 0.170. The van der Waals surface area contributed by atoms with Gasteiger partial charge in [0, 0.05) is 39.4 Å². The number of nitrogens with zero attached hydrogens (tertiary/aromatic N) is 4. The van der Waals surface area contributed by atoms with Crippen molar-refractivity contribution in [3.8, 4) is 34.2 Å². The fraction of sp³-hybridized carbons (Fsp3) is 0.0392. The minimum absolute atomic E-state index is 0.0556. The van der Waals surface area contributed by atoms with Gasteiger partial charge in [0.05, 0.1) is 11.6 Å². The second-order valence-corrected chi connectivity index (χ2v) is 14.7. The number of fused-ring (bicyclic) bond motifs is 13. The molecule has 2 atom stereocenters. The third-order valence-electron chi connectivity index (χ3n) is 11.7. The van der Waals surface area contributed by atoms with Crippen LogP contribution in [0.3, 0.4) is 0 Å². The smallest absolute Gasteiger partial charge is 0.167 e. The van der Waals surface area contributed by atoms with Crippen molar-refractivity contribution in [2.75, 3.05) is 4.90 Å². The zero-order chi connectivity index (χ0) is 36.7. The van der Waals surface area contributed by atoms with E-state index in [0.717, 1.165) is 33.4 Å². The Morgan fingerprint density at radius 1 is 0.464 bits per heavy atom. The highest BCUT2D eigenvalue weighted by molar-refractivity contribution is 6.25. The average Bonchev–Trinajstić information content (AvgIpc) is 3.83. The molecule has 5 nitrogen and oxygen atoms in total. The van der Waals surface area contributed by atoms with Gasteiger partial charge in [0.25, 0.3) is 0 Å². The number of anilines is 2. The standard InChI is InChI=1S/C51H32N4O/c1-3-14-31(15-4-1)49-52-50(32-16-5-2-6-17-32)54-51(53-49)41-24-13-23-40-47-45(56-48(40)41)29-28-44-46(47)39-22-11-12-25-43(39)55(44)33-26-27-38-36-20-8-7-18-34(36)35-19-9-10-21-37(35)42(38)30-33/h1-30,44,46H. The normalized spacial score (nSPS) is 15.8. The van der Waals surface area contributed by atoms with Crippen molar-refractivity contribution in [3.05, 3.63) is 193 Å². The lowest BCUT2D eigenvalue weighted by Crippen LogP contribution is -2.30. The molecule has 0 N–H and O–H groups in total. The molecule has 2 unspecified atom stereocenters. The summed E-state index contributed by atoms with van der Waals surface area (Å²) in [6.07, 6.45) is 4.49. The second-order valence-electron chi connectivity index (χ2n) is 14.7. The summed E-state index contributed by atoms with van der Waals surface area (Å²) in [6, 6.07) is 60.0. The Bertz CT molecular complexity index is 3130. The topological polar surface area (TPSA) is 55.1 Å². The second kappa shape index (κ2) is 12.1. The van der Waals surface area contributed by atoms with Gasteiger partial charge in [-0.1, -0.05) is 152 Å². The third kappa shape index (κ3) is 4.58. The number of para-hydroxylation sites is 2. The molecule has 56 heavy (non-hydrogen) atoms. The van der Waals surface area contributed by atoms with Gasteiger partial charge in [0.1, 0.15) is 11.3 Å². The maximum Gasteiger partial charge on any atom is 0.167 e. The van der Waals surface area contributed by atoms with Crippen LogP contribution in [0.5, 0.6) is 0 Å². The van der Waals surface area contributed by atoms with Crippen molar-refractivity contribution in [1.29, 1.82) is 0 Å². The van der Waals surface area contributed by atoms with E-state index in [2.05, 4.69) is 126 Å². The molecular formula is C51H32N4O. The number of aromatic nitrogens is 3. The van der Waals surface area contributed by atoms with Crippen molar-refractivity contribution in [2.24, 2.45) is 0 Å². The molecule has 1 aliphatic heterocycles. The summed E-state index contributed by atoms with van der Waals surface area (Å²) in [6.45, 7) is 0. The molecule has 0 amide bonds. The van der Waals surface area contributed by atoms with Crippen molar-refractivity contribution in [2.45, 2.75) is 12.0 Å². The van der Waals surface area contributed by atoms with Gasteiger partial charge in [0.2, 0.25) is 0 Å². The fourth-order valence-electron chi connectivity index (χ4n) is 9.24. The van der Waals surface area contributed by atoms with Crippen molar-refractivity contribution < 1.29 is 4.42 Å². The summed E-state index contributed by atoms with van der Waals surface area (Å²) >= 11 is 0. The Morgan fingerprint density at radius 2 is 1.02 bits per heavy atom. The molecule has 0 saturated heterocycles. The first-order valence-corrected chi connectivity index (χ1v) is 19.1. The van der Waals surface area contributed by atoms with E-state index in [4.69, 9.17) is 19.4 Å². The molecule has 0 saturated carbocycles. The third-order valence-corrected chi connectivity index (χ3v) is 11.7. The zero-order valence-corrected chi connectivity index (χ0v) is 30.2. The van der Waals surface area contributed by atoms with E-state index in [0.29, 0.717) is 17.5 Å². The number of benzene rings is 8. The molecule has 2 aromatic heterocycles. The van der Waals surface area contributed by atoms with Gasteiger partial charge in [0.15, 0.2) is 17.5 Å². The van der Waals surface area contributed by atoms with Crippen LogP contribution in [0.15, 0.2) is 180 Å².